The van der Waals surface area contributed by atoms with Gasteiger partial charge < -0.3 is 14.8 Å². The molecule has 0 aromatic heterocycles. The minimum absolute atomic E-state index is 0.0917. The van der Waals surface area contributed by atoms with Crippen LogP contribution in [0.25, 0.3) is 0 Å². The number of hydrogen-bond acceptors (Lipinski definition) is 3. The van der Waals surface area contributed by atoms with Crippen LogP contribution in [0.4, 0.5) is 0 Å². The van der Waals surface area contributed by atoms with Crippen molar-refractivity contribution in [1.82, 2.24) is 5.32 Å². The normalized spacial score (nSPS) is 11.7. The molecule has 1 amide bonds. The molecular weight excluding hydrogens is 350 g/mol. The Balaban J connectivity index is 2.19. The summed E-state index contributed by atoms with van der Waals surface area (Å²) in [4.78, 5) is 12.4. The fourth-order valence-electron chi connectivity index (χ4n) is 2.41. The molecule has 0 aliphatic rings. The molecule has 0 saturated carbocycles. The zero-order chi connectivity index (χ0) is 19.1. The molecule has 1 unspecified atom stereocenters. The predicted octanol–water partition coefficient (Wildman–Crippen LogP) is 5.15. The van der Waals surface area contributed by atoms with Gasteiger partial charge in [0.2, 0.25) is 0 Å². The van der Waals surface area contributed by atoms with Gasteiger partial charge in [-0.3, -0.25) is 4.79 Å². The Hall–Kier alpha value is -2.20. The Labute approximate surface area is 160 Å². The third kappa shape index (κ3) is 5.40. The van der Waals surface area contributed by atoms with Gasteiger partial charge in [-0.05, 0) is 69.2 Å². The topological polar surface area (TPSA) is 47.6 Å². The number of ether oxygens (including phenoxy) is 2. The lowest BCUT2D eigenvalue weighted by molar-refractivity contribution is 0.0939. The molecule has 1 N–H and O–H groups in total. The van der Waals surface area contributed by atoms with Crippen LogP contribution in [0.1, 0.15) is 48.7 Å². The Morgan fingerprint density at radius 3 is 2.58 bits per heavy atom. The van der Waals surface area contributed by atoms with Gasteiger partial charge in [0, 0.05) is 22.2 Å². The van der Waals surface area contributed by atoms with Gasteiger partial charge in [-0.2, -0.15) is 0 Å². The lowest BCUT2D eigenvalue weighted by Crippen LogP contribution is -2.32. The van der Waals surface area contributed by atoms with E-state index in [4.69, 9.17) is 21.1 Å². The molecule has 0 fully saturated rings. The first kappa shape index (κ1) is 20.1. The summed E-state index contributed by atoms with van der Waals surface area (Å²) in [5.74, 6) is 1.35. The van der Waals surface area contributed by atoms with E-state index in [9.17, 15) is 4.79 Å². The van der Waals surface area contributed by atoms with Gasteiger partial charge >= 0.3 is 0 Å². The maximum atomic E-state index is 12.4. The van der Waals surface area contributed by atoms with E-state index in [1.807, 2.05) is 58.0 Å². The predicted molar refractivity (Wildman–Crippen MR) is 105 cm³/mol. The van der Waals surface area contributed by atoms with Gasteiger partial charge in [-0.25, -0.2) is 0 Å². The highest BCUT2D eigenvalue weighted by atomic mass is 35.5. The van der Waals surface area contributed by atoms with E-state index < -0.39 is 0 Å². The molecule has 0 bridgehead atoms. The van der Waals surface area contributed by atoms with Gasteiger partial charge in [0.1, 0.15) is 18.1 Å². The molecule has 2 aromatic rings. The quantitative estimate of drug-likeness (QED) is 0.693. The number of carbonyl (C=O) groups is 1. The van der Waals surface area contributed by atoms with Crippen molar-refractivity contribution in [2.24, 2.45) is 0 Å². The number of benzene rings is 2. The molecule has 0 saturated heterocycles. The first-order valence-corrected chi connectivity index (χ1v) is 9.27. The number of hydrogen-bond donors (Lipinski definition) is 1. The minimum atomic E-state index is -0.0917. The first-order valence-electron chi connectivity index (χ1n) is 8.90. The van der Waals surface area contributed by atoms with Crippen LogP contribution in [0, 0.1) is 6.92 Å². The minimum Gasteiger partial charge on any atom is -0.493 e. The van der Waals surface area contributed by atoms with Crippen LogP contribution in [0.2, 0.25) is 5.02 Å². The van der Waals surface area contributed by atoms with Gasteiger partial charge in [0.05, 0.1) is 6.61 Å². The number of nitrogens with one attached hydrogen (secondary N) is 1. The van der Waals surface area contributed by atoms with E-state index in [-0.39, 0.29) is 11.9 Å². The molecule has 0 heterocycles. The van der Waals surface area contributed by atoms with Crippen LogP contribution in [0.3, 0.4) is 0 Å². The molecule has 1 atom stereocenters. The lowest BCUT2D eigenvalue weighted by Gasteiger charge is -2.15. The van der Waals surface area contributed by atoms with Gasteiger partial charge in [0.15, 0.2) is 0 Å². The number of amides is 1. The van der Waals surface area contributed by atoms with Crippen LogP contribution in [0.5, 0.6) is 11.5 Å². The first-order chi connectivity index (χ1) is 12.4. The van der Waals surface area contributed by atoms with Crippen molar-refractivity contribution in [1.29, 1.82) is 0 Å². The average Bonchev–Trinajstić information content (AvgIpc) is 2.63. The van der Waals surface area contributed by atoms with Crippen molar-refractivity contribution in [3.05, 3.63) is 58.1 Å². The highest BCUT2D eigenvalue weighted by Crippen LogP contribution is 2.25. The average molecular weight is 376 g/mol. The van der Waals surface area contributed by atoms with Crippen LogP contribution < -0.4 is 14.8 Å². The summed E-state index contributed by atoms with van der Waals surface area (Å²) in [6.45, 7) is 8.74. The molecule has 0 aliphatic carbocycles. The standard InChI is InChI=1S/C21H26ClNO3/c1-5-15(4)23-21(24)16-7-10-20(25-6-2)17(12-16)13-26-18-8-9-19(22)14(3)11-18/h7-12,15H,5-6,13H2,1-4H3,(H,23,24). The summed E-state index contributed by atoms with van der Waals surface area (Å²) in [7, 11) is 0. The number of aryl methyl sites for hydroxylation is 1. The monoisotopic (exact) mass is 375 g/mol. The zero-order valence-electron chi connectivity index (χ0n) is 15.8. The van der Waals surface area contributed by atoms with Crippen molar-refractivity contribution >= 4 is 17.5 Å². The van der Waals surface area contributed by atoms with E-state index in [2.05, 4.69) is 5.32 Å². The van der Waals surface area contributed by atoms with Crippen LogP contribution in [0.15, 0.2) is 36.4 Å². The summed E-state index contributed by atoms with van der Waals surface area (Å²) in [5, 5.41) is 3.68. The maximum Gasteiger partial charge on any atom is 0.251 e. The Morgan fingerprint density at radius 2 is 1.92 bits per heavy atom. The molecule has 4 nitrogen and oxygen atoms in total. The summed E-state index contributed by atoms with van der Waals surface area (Å²) in [6, 6.07) is 11.1. The van der Waals surface area contributed by atoms with Crippen molar-refractivity contribution < 1.29 is 14.3 Å². The molecule has 0 spiro atoms. The maximum absolute atomic E-state index is 12.4. The fraction of sp³-hybridized carbons (Fsp3) is 0.381. The summed E-state index contributed by atoms with van der Waals surface area (Å²) in [5.41, 5.74) is 2.38. The summed E-state index contributed by atoms with van der Waals surface area (Å²) < 4.78 is 11.6. The second-order valence-corrected chi connectivity index (χ2v) is 6.65. The van der Waals surface area contributed by atoms with E-state index in [0.29, 0.717) is 23.8 Å². The Kier molecular flexibility index (Phi) is 7.34. The van der Waals surface area contributed by atoms with E-state index in [1.165, 1.54) is 0 Å². The van der Waals surface area contributed by atoms with Crippen molar-refractivity contribution in [2.45, 2.75) is 46.8 Å². The largest absolute Gasteiger partial charge is 0.493 e. The van der Waals surface area contributed by atoms with Crippen molar-refractivity contribution in [2.75, 3.05) is 6.61 Å². The van der Waals surface area contributed by atoms with Crippen LogP contribution in [-0.4, -0.2) is 18.6 Å². The van der Waals surface area contributed by atoms with Gasteiger partial charge in [-0.1, -0.05) is 18.5 Å². The third-order valence-corrected chi connectivity index (χ3v) is 4.56. The molecule has 0 radical (unpaired) electrons. The molecule has 140 valence electrons. The van der Waals surface area contributed by atoms with Crippen LogP contribution in [-0.2, 0) is 6.61 Å². The van der Waals surface area contributed by atoms with Gasteiger partial charge in [-0.15, -0.1) is 0 Å². The fourth-order valence-corrected chi connectivity index (χ4v) is 2.52. The van der Waals surface area contributed by atoms with Gasteiger partial charge in [0.25, 0.3) is 5.91 Å². The Bertz CT molecular complexity index is 761. The highest BCUT2D eigenvalue weighted by Gasteiger charge is 2.13. The lowest BCUT2D eigenvalue weighted by atomic mass is 10.1. The van der Waals surface area contributed by atoms with E-state index in [1.54, 1.807) is 6.07 Å². The van der Waals surface area contributed by atoms with Crippen molar-refractivity contribution in [3.63, 3.8) is 0 Å². The summed E-state index contributed by atoms with van der Waals surface area (Å²) in [6.07, 6.45) is 0.884. The third-order valence-electron chi connectivity index (χ3n) is 4.14. The molecular formula is C21H26ClNO3. The van der Waals surface area contributed by atoms with E-state index >= 15 is 0 Å². The smallest absolute Gasteiger partial charge is 0.251 e. The van der Waals surface area contributed by atoms with E-state index in [0.717, 1.165) is 29.0 Å². The molecule has 26 heavy (non-hydrogen) atoms. The Morgan fingerprint density at radius 1 is 1.15 bits per heavy atom. The van der Waals surface area contributed by atoms with Crippen molar-refractivity contribution in [3.8, 4) is 11.5 Å². The summed E-state index contributed by atoms with van der Waals surface area (Å²) >= 11 is 6.05. The number of halogens is 1. The second kappa shape index (κ2) is 9.48. The number of carbonyl (C=O) groups excluding carboxylic acids is 1. The molecule has 2 aromatic carbocycles. The molecule has 5 heteroatoms. The zero-order valence-corrected chi connectivity index (χ0v) is 16.5. The SMILES string of the molecule is CCOc1ccc(C(=O)NC(C)CC)cc1COc1ccc(Cl)c(C)c1. The number of rotatable bonds is 8. The van der Waals surface area contributed by atoms with Crippen LogP contribution >= 0.6 is 11.6 Å². The second-order valence-electron chi connectivity index (χ2n) is 6.24. The highest BCUT2D eigenvalue weighted by molar-refractivity contribution is 6.31. The molecule has 0 aliphatic heterocycles. The molecule has 2 rings (SSSR count).